The minimum atomic E-state index is -0.939. The molecule has 0 bridgehead atoms. The number of hydrogen-bond acceptors (Lipinski definition) is 7. The van der Waals surface area contributed by atoms with E-state index >= 15 is 0 Å². The summed E-state index contributed by atoms with van der Waals surface area (Å²) in [6.45, 7) is 4.06. The van der Waals surface area contributed by atoms with E-state index in [9.17, 15) is 24.5 Å². The molecule has 0 aliphatic carbocycles. The van der Waals surface area contributed by atoms with Gasteiger partial charge in [0.15, 0.2) is 0 Å². The Kier molecular flexibility index (Phi) is 8.99. The first-order valence-corrected chi connectivity index (χ1v) is 11.8. The number of carbonyl (C=O) groups is 3. The lowest BCUT2D eigenvalue weighted by atomic mass is 9.96. The smallest absolute Gasteiger partial charge is 0.328 e. The number of fused-ring (bicyclic) bond motifs is 1. The maximum absolute atomic E-state index is 13.2. The number of non-ortho nitro benzene ring substituents is 1. The van der Waals surface area contributed by atoms with Crippen LogP contribution in [0.5, 0.6) is 5.75 Å². The average Bonchev–Trinajstić information content (AvgIpc) is 3.24. The van der Waals surface area contributed by atoms with Crippen molar-refractivity contribution in [2.75, 3.05) is 13.7 Å². The molecule has 0 aromatic heterocycles. The predicted octanol–water partition coefficient (Wildman–Crippen LogP) is 2.89. The van der Waals surface area contributed by atoms with Gasteiger partial charge in [0.1, 0.15) is 17.8 Å². The second kappa shape index (κ2) is 12.1. The fourth-order valence-corrected chi connectivity index (χ4v) is 4.19. The molecule has 0 spiro atoms. The number of hydrogen-bond donors (Lipinski definition) is 2. The van der Waals surface area contributed by atoms with Crippen LogP contribution in [0.1, 0.15) is 43.7 Å². The van der Waals surface area contributed by atoms with Gasteiger partial charge in [0.25, 0.3) is 5.69 Å². The first kappa shape index (κ1) is 26.7. The van der Waals surface area contributed by atoms with E-state index in [1.54, 1.807) is 0 Å². The maximum atomic E-state index is 13.2. The first-order valence-electron chi connectivity index (χ1n) is 11.8. The van der Waals surface area contributed by atoms with Gasteiger partial charge in [0.2, 0.25) is 11.8 Å². The Hall–Kier alpha value is -3.95. The second-order valence-corrected chi connectivity index (χ2v) is 9.21. The molecule has 1 heterocycles. The Balaban J connectivity index is 1.74. The lowest BCUT2D eigenvalue weighted by molar-refractivity contribution is -0.384. The van der Waals surface area contributed by atoms with E-state index in [2.05, 4.69) is 10.6 Å². The fraction of sp³-hybridized carbons (Fsp3) is 0.423. The molecule has 0 saturated carbocycles. The van der Waals surface area contributed by atoms with E-state index in [-0.39, 0.29) is 37.0 Å². The van der Waals surface area contributed by atoms with Crippen LogP contribution in [0.2, 0.25) is 0 Å². The summed E-state index contributed by atoms with van der Waals surface area (Å²) in [6.07, 6.45) is 0.593. The largest absolute Gasteiger partial charge is 0.493 e. The monoisotopic (exact) mass is 497 g/mol. The Morgan fingerprint density at radius 2 is 1.83 bits per heavy atom. The molecule has 192 valence electrons. The molecule has 10 nitrogen and oxygen atoms in total. The zero-order valence-corrected chi connectivity index (χ0v) is 20.6. The molecule has 3 atom stereocenters. The van der Waals surface area contributed by atoms with E-state index in [4.69, 9.17) is 9.47 Å². The van der Waals surface area contributed by atoms with Gasteiger partial charge < -0.3 is 20.1 Å². The molecule has 1 unspecified atom stereocenters. The first-order chi connectivity index (χ1) is 17.2. The average molecular weight is 498 g/mol. The third-order valence-corrected chi connectivity index (χ3v) is 5.96. The minimum absolute atomic E-state index is 0.0147. The van der Waals surface area contributed by atoms with Crippen LogP contribution in [-0.4, -0.2) is 48.5 Å². The summed E-state index contributed by atoms with van der Waals surface area (Å²) < 4.78 is 10.4. The van der Waals surface area contributed by atoms with Crippen molar-refractivity contribution in [1.82, 2.24) is 10.6 Å². The number of nitro groups is 1. The zero-order chi connectivity index (χ0) is 26.2. The zero-order valence-electron chi connectivity index (χ0n) is 20.6. The summed E-state index contributed by atoms with van der Waals surface area (Å²) >= 11 is 0. The second-order valence-electron chi connectivity index (χ2n) is 9.21. The molecule has 2 N–H and O–H groups in total. The van der Waals surface area contributed by atoms with Gasteiger partial charge in [0, 0.05) is 36.5 Å². The van der Waals surface area contributed by atoms with E-state index < -0.39 is 34.8 Å². The number of benzene rings is 2. The van der Waals surface area contributed by atoms with Gasteiger partial charge in [-0.1, -0.05) is 44.2 Å². The summed E-state index contributed by atoms with van der Waals surface area (Å²) in [5.74, 6) is -1.21. The van der Waals surface area contributed by atoms with Crippen molar-refractivity contribution in [3.05, 3.63) is 69.8 Å². The highest BCUT2D eigenvalue weighted by molar-refractivity contribution is 5.91. The van der Waals surface area contributed by atoms with Gasteiger partial charge in [-0.3, -0.25) is 19.7 Å². The van der Waals surface area contributed by atoms with Crippen LogP contribution in [0, 0.1) is 16.0 Å². The molecule has 0 fully saturated rings. The predicted molar refractivity (Wildman–Crippen MR) is 131 cm³/mol. The normalized spacial score (nSPS) is 15.8. The minimum Gasteiger partial charge on any atom is -0.493 e. The third-order valence-electron chi connectivity index (χ3n) is 5.96. The maximum Gasteiger partial charge on any atom is 0.328 e. The van der Waals surface area contributed by atoms with Crippen LogP contribution in [0.3, 0.4) is 0 Å². The molecule has 2 aromatic carbocycles. The van der Waals surface area contributed by atoms with Crippen LogP contribution >= 0.6 is 0 Å². The molecule has 10 heteroatoms. The Morgan fingerprint density at radius 1 is 1.11 bits per heavy atom. The Bertz CT molecular complexity index is 1100. The number of methoxy groups -OCH3 is 1. The van der Waals surface area contributed by atoms with Crippen molar-refractivity contribution >= 4 is 23.5 Å². The van der Waals surface area contributed by atoms with E-state index in [1.807, 2.05) is 44.2 Å². The van der Waals surface area contributed by atoms with Crippen molar-refractivity contribution in [3.8, 4) is 5.75 Å². The topological polar surface area (TPSA) is 137 Å². The third kappa shape index (κ3) is 7.03. The highest BCUT2D eigenvalue weighted by Crippen LogP contribution is 2.38. The molecule has 2 amide bonds. The van der Waals surface area contributed by atoms with E-state index in [1.165, 1.54) is 25.3 Å². The van der Waals surface area contributed by atoms with Crippen molar-refractivity contribution in [1.29, 1.82) is 0 Å². The number of nitro benzene ring substituents is 1. The van der Waals surface area contributed by atoms with Crippen LogP contribution in [-0.2, 0) is 25.5 Å². The molecule has 1 aliphatic heterocycles. The highest BCUT2D eigenvalue weighted by atomic mass is 16.6. The summed E-state index contributed by atoms with van der Waals surface area (Å²) in [6, 6.07) is 11.7. The van der Waals surface area contributed by atoms with Crippen molar-refractivity contribution < 1.29 is 28.8 Å². The summed E-state index contributed by atoms with van der Waals surface area (Å²) in [4.78, 5) is 49.1. The number of ether oxygens (including phenoxy) is 2. The van der Waals surface area contributed by atoms with Gasteiger partial charge in [-0.2, -0.15) is 0 Å². The van der Waals surface area contributed by atoms with Gasteiger partial charge in [-0.15, -0.1) is 0 Å². The molecule has 1 aliphatic rings. The fourth-order valence-electron chi connectivity index (χ4n) is 4.19. The van der Waals surface area contributed by atoms with Crippen molar-refractivity contribution in [2.45, 2.75) is 51.1 Å². The number of amides is 2. The summed E-state index contributed by atoms with van der Waals surface area (Å²) in [5.41, 5.74) is 1.35. The standard InChI is InChI=1S/C26H31N3O7/c1-16(2)11-22(26(32)35-3)28-25(31)21(12-17-7-5-4-6-8-17)27-24(30)13-18-15-36-23-10-9-19(29(33)34)14-20(18)23/h4-10,14,16,18,21-22H,11-13,15H2,1-3H3,(H,27,30)(H,28,31)/t18?,21-,22-/m0/s1. The van der Waals surface area contributed by atoms with E-state index in [0.717, 1.165) is 5.56 Å². The molecule has 0 radical (unpaired) electrons. The van der Waals surface area contributed by atoms with Crippen LogP contribution in [0.15, 0.2) is 48.5 Å². The van der Waals surface area contributed by atoms with Gasteiger partial charge in [0.05, 0.1) is 18.6 Å². The molecule has 0 saturated heterocycles. The molecule has 36 heavy (non-hydrogen) atoms. The van der Waals surface area contributed by atoms with Crippen LogP contribution in [0.25, 0.3) is 0 Å². The number of rotatable bonds is 11. The van der Waals surface area contributed by atoms with Gasteiger partial charge in [-0.05, 0) is 24.0 Å². The van der Waals surface area contributed by atoms with Crippen molar-refractivity contribution in [2.24, 2.45) is 5.92 Å². The molecular formula is C26H31N3O7. The van der Waals surface area contributed by atoms with Crippen molar-refractivity contribution in [3.63, 3.8) is 0 Å². The highest BCUT2D eigenvalue weighted by Gasteiger charge is 2.31. The summed E-state index contributed by atoms with van der Waals surface area (Å²) in [5, 5.41) is 16.7. The lowest BCUT2D eigenvalue weighted by Gasteiger charge is -2.24. The van der Waals surface area contributed by atoms with Gasteiger partial charge >= 0.3 is 5.97 Å². The Morgan fingerprint density at radius 3 is 2.47 bits per heavy atom. The number of carbonyl (C=O) groups excluding carboxylic acids is 3. The number of nitrogens with one attached hydrogen (secondary N) is 2. The molecular weight excluding hydrogens is 466 g/mol. The van der Waals surface area contributed by atoms with E-state index in [0.29, 0.717) is 17.7 Å². The number of nitrogens with zero attached hydrogens (tertiary/aromatic N) is 1. The SMILES string of the molecule is COC(=O)[C@H](CC(C)C)NC(=O)[C@H](Cc1ccccc1)NC(=O)CC1COc2ccc([N+](=O)[O-])cc21. The summed E-state index contributed by atoms with van der Waals surface area (Å²) in [7, 11) is 1.26. The van der Waals surface area contributed by atoms with Crippen LogP contribution < -0.4 is 15.4 Å². The van der Waals surface area contributed by atoms with Crippen LogP contribution in [0.4, 0.5) is 5.69 Å². The van der Waals surface area contributed by atoms with Gasteiger partial charge in [-0.25, -0.2) is 4.79 Å². The lowest BCUT2D eigenvalue weighted by Crippen LogP contribution is -2.53. The molecule has 3 rings (SSSR count). The molecule has 2 aromatic rings. The number of esters is 1. The quantitative estimate of drug-likeness (QED) is 0.277. The Labute approximate surface area is 209 Å².